The van der Waals surface area contributed by atoms with Crippen molar-refractivity contribution in [3.8, 4) is 40.2 Å². The number of phenols is 1. The summed E-state index contributed by atoms with van der Waals surface area (Å²) >= 11 is 15.1. The number of aliphatic hydroxyl groups is 1. The topological polar surface area (TPSA) is 351 Å². The molecule has 3 aliphatic heterocycles. The van der Waals surface area contributed by atoms with Gasteiger partial charge in [-0.1, -0.05) is 17.7 Å². The number of alkyl halides is 7. The van der Waals surface area contributed by atoms with Crippen molar-refractivity contribution in [3.05, 3.63) is 258 Å². The fourth-order valence-corrected chi connectivity index (χ4v) is 13.8. The van der Waals surface area contributed by atoms with Gasteiger partial charge in [0.2, 0.25) is 9.05 Å². The molecule has 8 heterocycles. The third-order valence-electron chi connectivity index (χ3n) is 20.3. The predicted octanol–water partition coefficient (Wildman–Crippen LogP) is 16.7. The number of nitrogens with zero attached hydrogens (tertiary/aromatic N) is 10. The molecule has 29 nitrogen and oxygen atoms in total. The van der Waals surface area contributed by atoms with Gasteiger partial charge in [0.1, 0.15) is 56.9 Å². The summed E-state index contributed by atoms with van der Waals surface area (Å²) in [6.07, 6.45) is -0.503. The van der Waals surface area contributed by atoms with Gasteiger partial charge in [0.15, 0.2) is 17.4 Å². The largest absolute Gasteiger partial charge is 1.00 e. The van der Waals surface area contributed by atoms with Gasteiger partial charge in [-0.3, -0.25) is 39.3 Å². The summed E-state index contributed by atoms with van der Waals surface area (Å²) in [6, 6.07) is 50.6. The molecule has 5 aromatic heterocycles. The average Bonchev–Trinajstić information content (AvgIpc) is 1.60. The fraction of sp³-hybridized carbons (Fsp3) is 0.247. The van der Waals surface area contributed by atoms with Crippen LogP contribution in [0.5, 0.6) is 40.2 Å². The number of benzene rings is 8. The van der Waals surface area contributed by atoms with Crippen molar-refractivity contribution in [1.29, 1.82) is 0 Å². The third kappa shape index (κ3) is 30.0. The smallest absolute Gasteiger partial charge is 1.00 e. The molecule has 0 aliphatic carbocycles. The van der Waals surface area contributed by atoms with Crippen LogP contribution in [-0.4, -0.2) is 186 Å². The van der Waals surface area contributed by atoms with Crippen molar-refractivity contribution >= 4 is 213 Å². The second-order valence-corrected chi connectivity index (χ2v) is 40.4. The van der Waals surface area contributed by atoms with E-state index in [1.807, 2.05) is 85.8 Å². The van der Waals surface area contributed by atoms with Crippen LogP contribution in [0.1, 0.15) is 88.1 Å². The van der Waals surface area contributed by atoms with E-state index in [0.29, 0.717) is 57.2 Å². The van der Waals surface area contributed by atoms with Gasteiger partial charge in [-0.15, -0.1) is 85.2 Å². The molecule has 137 heavy (non-hydrogen) atoms. The van der Waals surface area contributed by atoms with E-state index in [0.717, 1.165) is 112 Å². The molecular weight excluding hydrogens is 2060 g/mol. The molecule has 13 aromatic rings. The Bertz CT molecular complexity index is 6520. The molecule has 0 unspecified atom stereocenters. The number of aromatic hydroxyl groups is 1. The van der Waals surface area contributed by atoms with E-state index in [9.17, 15) is 73.4 Å². The molecule has 0 saturated carbocycles. The number of ether oxygens (including phenoxy) is 7. The quantitative estimate of drug-likeness (QED) is 0.0190. The van der Waals surface area contributed by atoms with Gasteiger partial charge >= 0.3 is 58.8 Å². The number of urea groups is 3. The number of methoxy groups -OCH3 is 4. The van der Waals surface area contributed by atoms with Crippen LogP contribution in [0.4, 0.5) is 57.8 Å². The SMILES string of the molecule is BrB(Br)Br.CC1(C)C(=O)N(c2ccc(OC(F)(F)F)cc2)C(=O)N1Cc1ccnc2ccc(O)cc12.CCOC(=O)c1ccnc2ccc(OC)cc12.COc1ccc2nccc(CCl)c2c1.COc1ccc2nccc(CN3C(=O)N(c4ccc(OC(F)(F)F)cc4)C(=O)C3(C)C)c2c1.COc1ccc2nccc(CO)c2c1.CS(=O)(=O)Cl.Cc1ccc(N2C(=O)NC(C)(C)C2=O)cc1.[AlH3].[H-].[Li+]. The Morgan fingerprint density at radius 2 is 0.788 bits per heavy atom. The molecule has 8 aromatic carbocycles. The maximum Gasteiger partial charge on any atom is 1.00 e. The molecule has 0 radical (unpaired) electrons. The Kier molecular flexibility index (Phi) is 40.3. The number of aryl methyl sites for hydroxylation is 1. The Balaban J connectivity index is 0.000000256. The molecule has 9 amide bonds. The van der Waals surface area contributed by atoms with E-state index in [1.165, 1.54) is 51.1 Å². The Morgan fingerprint density at radius 3 is 1.13 bits per heavy atom. The van der Waals surface area contributed by atoms with Gasteiger partial charge in [0, 0.05) is 87.6 Å². The molecule has 718 valence electrons. The molecule has 3 fully saturated rings. The standard InChI is InChI=1S/C23H20F3N3O4.C22H18F3N3O4.C13H13NO3.C12H14N2O2.C11H10ClNO.C11H11NO2.CH3ClO2S.Al.BBr3.Li.4H/c1-22(2)20(30)29(15-4-6-16(7-5-15)33-23(24,25)26)21(31)28(22)13-14-10-11-27-19-9-8-17(32-3)12-18(14)19;1-21(2)19(30)28(14-3-6-16(7-4-14)32-22(23,24)25)20(31)27(21)12-13-9-10-26-18-8-5-15(29)11-17(13)18;1-3-17-13(15)10-6-7-14-12-5-4-9(16-2)8-11(10)12;1-8-4-6-9(7-5-8)14-10(15)12(2,3)13-11(14)16;1-14-9-2-3-11-10(6-9)8(7-12)4-5-13-11;1-14-9-2-3-11-10(6-9)8(7-13)4-5-12-11;1-5(2,3)4;;2-1(3)4;;;;;/h4-12H,13H2,1-3H3;3-11,29H,12H2,1-2H3;4-8H,3H2,1-2H3;4-7H,1-3H3,(H,13,16);2-6H,7H2,1H3;2-6,13H,7H2,1H3;1H3;;;;;;;/q;;;;;;;;;+1;;;;-1. The zero-order valence-electron chi connectivity index (χ0n) is 76.4. The van der Waals surface area contributed by atoms with Crippen LogP contribution in [0.2, 0.25) is 0 Å². The van der Waals surface area contributed by atoms with Crippen molar-refractivity contribution in [2.24, 2.45) is 0 Å². The number of esters is 1. The molecule has 0 spiro atoms. The van der Waals surface area contributed by atoms with Gasteiger partial charge in [-0.05, 0) is 260 Å². The van der Waals surface area contributed by atoms with Crippen LogP contribution < -0.4 is 67.3 Å². The molecule has 0 bridgehead atoms. The van der Waals surface area contributed by atoms with Crippen molar-refractivity contribution < 1.29 is 132 Å². The van der Waals surface area contributed by atoms with E-state index >= 15 is 0 Å². The molecule has 3 saturated heterocycles. The van der Waals surface area contributed by atoms with Gasteiger partial charge in [0.05, 0.1) is 98.1 Å². The second-order valence-electron chi connectivity index (χ2n) is 30.7. The number of nitrogens with one attached hydrogen (secondary N) is 1. The van der Waals surface area contributed by atoms with Crippen LogP contribution in [0.25, 0.3) is 54.5 Å². The van der Waals surface area contributed by atoms with Crippen LogP contribution in [0.3, 0.4) is 0 Å². The summed E-state index contributed by atoms with van der Waals surface area (Å²) in [5, 5.41) is 25.8. The van der Waals surface area contributed by atoms with E-state index in [1.54, 1.807) is 162 Å². The van der Waals surface area contributed by atoms with Crippen molar-refractivity contribution in [1.82, 2.24) is 40.0 Å². The van der Waals surface area contributed by atoms with Crippen LogP contribution in [0, 0.1) is 6.92 Å². The van der Waals surface area contributed by atoms with Gasteiger partial charge in [-0.2, -0.15) is 0 Å². The van der Waals surface area contributed by atoms with E-state index in [4.69, 9.17) is 40.4 Å². The average molecular weight is 2150 g/mol. The Hall–Kier alpha value is -11.6. The van der Waals surface area contributed by atoms with Crippen LogP contribution >= 0.6 is 69.6 Å². The zero-order valence-corrected chi connectivity index (χ0v) is 82.5. The van der Waals surface area contributed by atoms with Crippen molar-refractivity contribution in [2.45, 2.75) is 110 Å². The number of aromatic nitrogens is 5. The summed E-state index contributed by atoms with van der Waals surface area (Å²) in [6.45, 7) is 14.1. The number of carbonyl (C=O) groups excluding carboxylic acids is 7. The number of carbonyl (C=O) groups is 7. The van der Waals surface area contributed by atoms with E-state index < -0.39 is 73.8 Å². The minimum Gasteiger partial charge on any atom is -1.00 e. The molecule has 3 aliphatic rings. The number of pyridine rings is 5. The minimum absolute atomic E-state index is 0. The van der Waals surface area contributed by atoms with E-state index in [-0.39, 0.29) is 95.6 Å². The van der Waals surface area contributed by atoms with Gasteiger partial charge < -0.3 is 59.9 Å². The number of aliphatic hydroxyl groups excluding tert-OH is 1. The monoisotopic (exact) mass is 2150 g/mol. The molecule has 44 heteroatoms. The zero-order chi connectivity index (χ0) is 99.4. The maximum absolute atomic E-state index is 13.3. The first-order valence-corrected chi connectivity index (χ1v) is 46.3. The number of phenolic OH excluding ortho intramolecular Hbond substituents is 1. The summed E-state index contributed by atoms with van der Waals surface area (Å²) in [7, 11) is 7.71. The number of anilines is 3. The third-order valence-corrected chi connectivity index (χ3v) is 20.6. The number of halogens is 11. The number of hydrogen-bond acceptors (Lipinski definition) is 23. The number of rotatable bonds is 17. The fourth-order valence-electron chi connectivity index (χ4n) is 13.6. The van der Waals surface area contributed by atoms with Gasteiger partial charge in [0.25, 0.3) is 17.7 Å². The van der Waals surface area contributed by atoms with Crippen LogP contribution in [-0.2, 0) is 53.7 Å². The van der Waals surface area contributed by atoms with E-state index in [2.05, 4.69) is 97.7 Å². The molecule has 3 N–H and O–H groups in total. The number of imide groups is 3. The molecule has 16 rings (SSSR count). The Labute approximate surface area is 843 Å². The second kappa shape index (κ2) is 49.1. The summed E-state index contributed by atoms with van der Waals surface area (Å²) in [4.78, 5) is 115. The normalized spacial score (nSPS) is 13.8. The summed E-state index contributed by atoms with van der Waals surface area (Å²) < 4.78 is 127. The molecule has 0 atom stereocenters. The molecular formula is C93H93AlBBr3Cl2F6LiN11O18S. The number of fused-ring (bicyclic) bond motifs is 5. The maximum atomic E-state index is 13.3. The van der Waals surface area contributed by atoms with Crippen molar-refractivity contribution in [3.63, 3.8) is 0 Å². The summed E-state index contributed by atoms with van der Waals surface area (Å²) in [5.41, 5.74) is 6.55. The first-order chi connectivity index (χ1) is 63.6. The predicted molar refractivity (Wildman–Crippen MR) is 525 cm³/mol. The first kappa shape index (κ1) is 112. The van der Waals surface area contributed by atoms with Crippen molar-refractivity contribution in [2.75, 3.05) is 56.0 Å². The Morgan fingerprint density at radius 1 is 0.482 bits per heavy atom. The van der Waals surface area contributed by atoms with Crippen LogP contribution in [0.15, 0.2) is 225 Å². The number of amides is 9. The first-order valence-electron chi connectivity index (χ1n) is 40.3. The van der Waals surface area contributed by atoms with Gasteiger partial charge in [-0.25, -0.2) is 42.3 Å². The number of hydrogen-bond donors (Lipinski definition) is 3. The minimum atomic E-state index is -4.85. The summed E-state index contributed by atoms with van der Waals surface area (Å²) in [5.74, 6) is 0.980.